The molecule has 0 saturated heterocycles. The van der Waals surface area contributed by atoms with Gasteiger partial charge in [-0.05, 0) is 74.7 Å². The number of hydrogen-bond donors (Lipinski definition) is 4. The minimum Gasteiger partial charge on any atom is -0.458 e. The zero-order valence-electron chi connectivity index (χ0n) is 17.3. The van der Waals surface area contributed by atoms with Crippen LogP contribution >= 0.6 is 0 Å². The molecular weight excluding hydrogens is 372 g/mol. The summed E-state index contributed by atoms with van der Waals surface area (Å²) in [6.07, 6.45) is 7.02. The van der Waals surface area contributed by atoms with Crippen LogP contribution in [0.15, 0.2) is 11.6 Å². The predicted molar refractivity (Wildman–Crippen MR) is 105 cm³/mol. The molecule has 6 heteroatoms. The second-order valence-corrected chi connectivity index (χ2v) is 10.8. The van der Waals surface area contributed by atoms with Gasteiger partial charge in [-0.1, -0.05) is 6.92 Å². The van der Waals surface area contributed by atoms with E-state index in [0.717, 1.165) is 24.8 Å². The number of esters is 1. The van der Waals surface area contributed by atoms with E-state index in [-0.39, 0.29) is 35.7 Å². The van der Waals surface area contributed by atoms with Gasteiger partial charge in [0.15, 0.2) is 0 Å². The zero-order chi connectivity index (χ0) is 20.7. The number of hydrogen-bond acceptors (Lipinski definition) is 6. The molecule has 5 rings (SSSR count). The Labute approximate surface area is 172 Å². The molecule has 4 aliphatic carbocycles. The van der Waals surface area contributed by atoms with Crippen molar-refractivity contribution in [3.8, 4) is 0 Å². The van der Waals surface area contributed by atoms with Crippen LogP contribution in [0.3, 0.4) is 0 Å². The van der Waals surface area contributed by atoms with Gasteiger partial charge in [0.05, 0.1) is 23.9 Å². The van der Waals surface area contributed by atoms with E-state index in [4.69, 9.17) is 4.74 Å². The standard InChI is InChI=1S/C23H34O6/c1-20-6-3-17-18(4-8-22(27)11-15(25)2-7-21(17,22)13-24)23(20,28)9-5-16(20)14-10-19(26)29-12-14/h10,15-18,24-25,27-28H,2-9,11-13H2,1H3/t15?,16?,17-,18+,20?,21?,22?,23?/m0/s1. The highest BCUT2D eigenvalue weighted by molar-refractivity contribution is 5.85. The molecule has 8 atom stereocenters. The van der Waals surface area contributed by atoms with Gasteiger partial charge in [0.1, 0.15) is 6.61 Å². The molecule has 1 heterocycles. The third-order valence-electron chi connectivity index (χ3n) is 10.1. The molecule has 0 spiro atoms. The fourth-order valence-corrected chi connectivity index (χ4v) is 8.52. The quantitative estimate of drug-likeness (QED) is 0.520. The number of rotatable bonds is 2. The van der Waals surface area contributed by atoms with E-state index in [1.807, 2.05) is 0 Å². The minimum absolute atomic E-state index is 0.0209. The van der Waals surface area contributed by atoms with Crippen molar-refractivity contribution in [1.29, 1.82) is 0 Å². The van der Waals surface area contributed by atoms with Gasteiger partial charge in [0, 0.05) is 23.3 Å². The first kappa shape index (κ1) is 20.0. The van der Waals surface area contributed by atoms with Crippen LogP contribution in [0.1, 0.15) is 64.7 Å². The lowest BCUT2D eigenvalue weighted by atomic mass is 9.41. The lowest BCUT2D eigenvalue weighted by molar-refractivity contribution is -0.269. The van der Waals surface area contributed by atoms with Crippen LogP contribution in [0.5, 0.6) is 0 Å². The van der Waals surface area contributed by atoms with E-state index in [1.165, 1.54) is 0 Å². The number of carbonyl (C=O) groups is 1. The van der Waals surface area contributed by atoms with Crippen molar-refractivity contribution >= 4 is 5.97 Å². The monoisotopic (exact) mass is 406 g/mol. The summed E-state index contributed by atoms with van der Waals surface area (Å²) in [6, 6.07) is 0. The average molecular weight is 407 g/mol. The van der Waals surface area contributed by atoms with Crippen LogP contribution in [0.2, 0.25) is 0 Å². The van der Waals surface area contributed by atoms with Gasteiger partial charge in [-0.2, -0.15) is 0 Å². The maximum absolute atomic E-state index is 12.1. The Morgan fingerprint density at radius 2 is 1.83 bits per heavy atom. The van der Waals surface area contributed by atoms with Crippen molar-refractivity contribution < 1.29 is 30.0 Å². The summed E-state index contributed by atoms with van der Waals surface area (Å²) < 4.78 is 5.17. The molecule has 4 saturated carbocycles. The van der Waals surface area contributed by atoms with Gasteiger partial charge in [0.25, 0.3) is 0 Å². The van der Waals surface area contributed by atoms with Crippen molar-refractivity contribution in [2.75, 3.05) is 13.2 Å². The molecule has 0 amide bonds. The van der Waals surface area contributed by atoms with E-state index in [1.54, 1.807) is 6.08 Å². The van der Waals surface area contributed by atoms with Crippen LogP contribution < -0.4 is 0 Å². The molecule has 29 heavy (non-hydrogen) atoms. The Hall–Kier alpha value is -0.950. The number of aliphatic hydroxyl groups is 4. The van der Waals surface area contributed by atoms with Crippen LogP contribution in [0.25, 0.3) is 0 Å². The van der Waals surface area contributed by atoms with E-state index in [9.17, 15) is 25.2 Å². The summed E-state index contributed by atoms with van der Waals surface area (Å²) in [6.45, 7) is 2.41. The van der Waals surface area contributed by atoms with Gasteiger partial charge >= 0.3 is 5.97 Å². The molecule has 0 aromatic heterocycles. The second kappa shape index (κ2) is 6.28. The summed E-state index contributed by atoms with van der Waals surface area (Å²) in [5, 5.41) is 44.4. The Morgan fingerprint density at radius 3 is 2.52 bits per heavy atom. The van der Waals surface area contributed by atoms with E-state index in [2.05, 4.69) is 6.92 Å². The third-order valence-corrected chi connectivity index (χ3v) is 10.1. The smallest absolute Gasteiger partial charge is 0.331 e. The highest BCUT2D eigenvalue weighted by atomic mass is 16.5. The van der Waals surface area contributed by atoms with Crippen LogP contribution in [-0.4, -0.2) is 56.9 Å². The number of fused-ring (bicyclic) bond motifs is 5. The number of aliphatic hydroxyl groups excluding tert-OH is 2. The van der Waals surface area contributed by atoms with Crippen LogP contribution in [0, 0.1) is 28.6 Å². The van der Waals surface area contributed by atoms with Crippen molar-refractivity contribution in [2.45, 2.75) is 82.0 Å². The maximum Gasteiger partial charge on any atom is 0.331 e. The molecular formula is C23H34O6. The molecule has 6 nitrogen and oxygen atoms in total. The largest absolute Gasteiger partial charge is 0.458 e. The SMILES string of the molecule is CC12CC[C@H]3[C@@H](CCC4(O)CC(O)CCC34CO)C1(O)CCC2C1=CC(=O)OC1. The van der Waals surface area contributed by atoms with Gasteiger partial charge in [-0.25, -0.2) is 4.79 Å². The first-order valence-electron chi connectivity index (χ1n) is 11.3. The maximum atomic E-state index is 12.1. The van der Waals surface area contributed by atoms with E-state index >= 15 is 0 Å². The Morgan fingerprint density at radius 1 is 1.07 bits per heavy atom. The van der Waals surface area contributed by atoms with Gasteiger partial charge in [-0.3, -0.25) is 0 Å². The molecule has 162 valence electrons. The Kier molecular flexibility index (Phi) is 4.33. The molecule has 4 fully saturated rings. The molecule has 6 unspecified atom stereocenters. The Bertz CT molecular complexity index is 750. The molecule has 0 aromatic carbocycles. The molecule has 0 bridgehead atoms. The second-order valence-electron chi connectivity index (χ2n) is 10.8. The van der Waals surface area contributed by atoms with E-state index < -0.39 is 22.7 Å². The molecule has 5 aliphatic rings. The fourth-order valence-electron chi connectivity index (χ4n) is 8.52. The lowest BCUT2D eigenvalue weighted by Crippen LogP contribution is -2.69. The van der Waals surface area contributed by atoms with Gasteiger partial charge in [0.2, 0.25) is 0 Å². The summed E-state index contributed by atoms with van der Waals surface area (Å²) >= 11 is 0. The fraction of sp³-hybridized carbons (Fsp3) is 0.870. The molecule has 0 radical (unpaired) electrons. The summed E-state index contributed by atoms with van der Waals surface area (Å²) in [5.41, 5.74) is -1.88. The number of cyclic esters (lactones) is 1. The summed E-state index contributed by atoms with van der Waals surface area (Å²) in [7, 11) is 0. The van der Waals surface area contributed by atoms with Crippen molar-refractivity contribution in [3.63, 3.8) is 0 Å². The Balaban J connectivity index is 1.51. The number of ether oxygens (including phenoxy) is 1. The lowest BCUT2D eigenvalue weighted by Gasteiger charge is -2.66. The predicted octanol–water partition coefficient (Wildman–Crippen LogP) is 1.69. The first-order chi connectivity index (χ1) is 13.7. The van der Waals surface area contributed by atoms with Crippen molar-refractivity contribution in [2.24, 2.45) is 28.6 Å². The van der Waals surface area contributed by atoms with Crippen molar-refractivity contribution in [1.82, 2.24) is 0 Å². The zero-order valence-corrected chi connectivity index (χ0v) is 17.3. The van der Waals surface area contributed by atoms with E-state index in [0.29, 0.717) is 45.1 Å². The summed E-state index contributed by atoms with van der Waals surface area (Å²) in [4.78, 5) is 11.6. The third kappa shape index (κ3) is 2.40. The van der Waals surface area contributed by atoms with Crippen LogP contribution in [0.4, 0.5) is 0 Å². The number of carbonyl (C=O) groups excluding carboxylic acids is 1. The topological polar surface area (TPSA) is 107 Å². The molecule has 0 aromatic rings. The highest BCUT2D eigenvalue weighted by Crippen LogP contribution is 2.70. The highest BCUT2D eigenvalue weighted by Gasteiger charge is 2.71. The molecule has 4 N–H and O–H groups in total. The van der Waals surface area contributed by atoms with Gasteiger partial charge in [-0.15, -0.1) is 0 Å². The first-order valence-corrected chi connectivity index (χ1v) is 11.3. The van der Waals surface area contributed by atoms with Crippen molar-refractivity contribution in [3.05, 3.63) is 11.6 Å². The molecule has 1 aliphatic heterocycles. The normalized spacial score (nSPS) is 54.2. The summed E-state index contributed by atoms with van der Waals surface area (Å²) in [5.74, 6) is -0.0760. The van der Waals surface area contributed by atoms with Crippen LogP contribution in [-0.2, 0) is 9.53 Å². The average Bonchev–Trinajstić information content (AvgIpc) is 3.21. The van der Waals surface area contributed by atoms with Gasteiger partial charge < -0.3 is 25.2 Å². The minimum atomic E-state index is -1.06.